The number of hydrogen-bond donors (Lipinski definition) is 0. The van der Waals surface area contributed by atoms with Crippen molar-refractivity contribution in [1.29, 1.82) is 0 Å². The summed E-state index contributed by atoms with van der Waals surface area (Å²) in [7, 11) is 7.29. The smallest absolute Gasteiger partial charge is 0.267 e. The van der Waals surface area contributed by atoms with Crippen LogP contribution in [0, 0.1) is 6.92 Å². The molecule has 150 valence electrons. The van der Waals surface area contributed by atoms with Gasteiger partial charge < -0.3 is 9.64 Å². The Hall–Kier alpha value is -2.16. The number of nitrogens with zero attached hydrogens (tertiary/aromatic N) is 5. The van der Waals surface area contributed by atoms with Gasteiger partial charge in [-0.3, -0.25) is 14.4 Å². The van der Waals surface area contributed by atoms with Crippen molar-refractivity contribution < 1.29 is 9.53 Å². The summed E-state index contributed by atoms with van der Waals surface area (Å²) in [5, 5.41) is 5.47. The highest BCUT2D eigenvalue weighted by Crippen LogP contribution is 2.36. The number of aromatic nitrogens is 3. The Morgan fingerprint density at radius 2 is 2.07 bits per heavy atom. The molecule has 0 aliphatic rings. The SMILES string of the molecule is COc1nn(C)cc1C(=O)N(CCCN(C)C)c1nc2c(C)ccc(Cl)c2s1. The predicted molar refractivity (Wildman–Crippen MR) is 114 cm³/mol. The third kappa shape index (κ3) is 4.14. The molecule has 0 N–H and O–H groups in total. The molecule has 3 aromatic rings. The first kappa shape index (κ1) is 20.6. The highest BCUT2D eigenvalue weighted by Gasteiger charge is 2.26. The quantitative estimate of drug-likeness (QED) is 0.583. The number of ether oxygens (including phenoxy) is 1. The lowest BCUT2D eigenvalue weighted by Gasteiger charge is -2.20. The summed E-state index contributed by atoms with van der Waals surface area (Å²) >= 11 is 7.80. The lowest BCUT2D eigenvalue weighted by Crippen LogP contribution is -2.33. The molecule has 7 nitrogen and oxygen atoms in total. The predicted octanol–water partition coefficient (Wildman–Crippen LogP) is 3.60. The molecule has 9 heteroatoms. The van der Waals surface area contributed by atoms with E-state index in [0.717, 1.165) is 28.7 Å². The fraction of sp³-hybridized carbons (Fsp3) is 0.421. The van der Waals surface area contributed by atoms with Gasteiger partial charge >= 0.3 is 0 Å². The number of methoxy groups -OCH3 is 1. The molecule has 0 fully saturated rings. The fourth-order valence-corrected chi connectivity index (χ4v) is 4.29. The number of aryl methyl sites for hydroxylation is 2. The van der Waals surface area contributed by atoms with E-state index in [0.29, 0.717) is 28.1 Å². The number of benzene rings is 1. The molecule has 1 amide bonds. The molecule has 2 aromatic heterocycles. The molecule has 2 heterocycles. The maximum atomic E-state index is 13.4. The Bertz CT molecular complexity index is 959. The Morgan fingerprint density at radius 3 is 2.71 bits per heavy atom. The van der Waals surface area contributed by atoms with Gasteiger partial charge in [0.05, 0.1) is 22.3 Å². The van der Waals surface area contributed by atoms with Gasteiger partial charge in [0, 0.05) is 19.8 Å². The number of halogens is 1. The van der Waals surface area contributed by atoms with Crippen LogP contribution >= 0.6 is 22.9 Å². The van der Waals surface area contributed by atoms with E-state index in [9.17, 15) is 4.79 Å². The molecule has 1 aromatic carbocycles. The third-order valence-corrected chi connectivity index (χ3v) is 5.91. The molecule has 0 bridgehead atoms. The minimum absolute atomic E-state index is 0.184. The number of amides is 1. The Labute approximate surface area is 173 Å². The van der Waals surface area contributed by atoms with Gasteiger partial charge in [-0.15, -0.1) is 5.10 Å². The van der Waals surface area contributed by atoms with Crippen LogP contribution < -0.4 is 9.64 Å². The zero-order valence-electron chi connectivity index (χ0n) is 16.7. The van der Waals surface area contributed by atoms with Crippen molar-refractivity contribution in [3.8, 4) is 5.88 Å². The van der Waals surface area contributed by atoms with Crippen LogP contribution in [0.15, 0.2) is 18.3 Å². The van der Waals surface area contributed by atoms with Gasteiger partial charge in [0.25, 0.3) is 5.91 Å². The molecule has 0 unspecified atom stereocenters. The van der Waals surface area contributed by atoms with E-state index in [-0.39, 0.29) is 5.91 Å². The van der Waals surface area contributed by atoms with Crippen LogP contribution in [-0.2, 0) is 7.05 Å². The molecule has 0 spiro atoms. The van der Waals surface area contributed by atoms with Crippen LogP contribution in [0.4, 0.5) is 5.13 Å². The van der Waals surface area contributed by atoms with Gasteiger partial charge in [-0.1, -0.05) is 29.0 Å². The van der Waals surface area contributed by atoms with Crippen molar-refractivity contribution in [2.75, 3.05) is 39.2 Å². The average molecular weight is 422 g/mol. The van der Waals surface area contributed by atoms with Gasteiger partial charge in [-0.2, -0.15) is 0 Å². The van der Waals surface area contributed by atoms with Crippen LogP contribution in [0.5, 0.6) is 5.88 Å². The van der Waals surface area contributed by atoms with Crippen LogP contribution in [0.25, 0.3) is 10.2 Å². The van der Waals surface area contributed by atoms with Crippen LogP contribution in [0.1, 0.15) is 22.3 Å². The molecular weight excluding hydrogens is 398 g/mol. The van der Waals surface area contributed by atoms with E-state index in [1.165, 1.54) is 18.4 Å². The molecule has 28 heavy (non-hydrogen) atoms. The number of anilines is 1. The second kappa shape index (κ2) is 8.46. The largest absolute Gasteiger partial charge is 0.479 e. The third-order valence-electron chi connectivity index (χ3n) is 4.37. The monoisotopic (exact) mass is 421 g/mol. The van der Waals surface area contributed by atoms with E-state index in [2.05, 4.69) is 10.00 Å². The van der Waals surface area contributed by atoms with Gasteiger partial charge in [-0.25, -0.2) is 4.98 Å². The molecule has 0 saturated carbocycles. The van der Waals surface area contributed by atoms with E-state index < -0.39 is 0 Å². The van der Waals surface area contributed by atoms with E-state index in [4.69, 9.17) is 21.3 Å². The number of carbonyl (C=O) groups is 1. The van der Waals surface area contributed by atoms with Crippen LogP contribution in [0.3, 0.4) is 0 Å². The van der Waals surface area contributed by atoms with Crippen molar-refractivity contribution in [3.63, 3.8) is 0 Å². The summed E-state index contributed by atoms with van der Waals surface area (Å²) in [5.74, 6) is 0.122. The summed E-state index contributed by atoms with van der Waals surface area (Å²) in [6.45, 7) is 3.38. The maximum Gasteiger partial charge on any atom is 0.267 e. The minimum atomic E-state index is -0.184. The zero-order chi connectivity index (χ0) is 20.4. The standard InChI is InChI=1S/C19H24ClN5O2S/c1-12-7-8-14(20)16-15(12)21-19(28-16)25(10-6-9-23(2)3)18(26)13-11-24(4)22-17(13)27-5/h7-8,11H,6,9-10H2,1-5H3. The number of thiazole rings is 1. The normalized spacial score (nSPS) is 11.4. The second-order valence-electron chi connectivity index (χ2n) is 6.88. The van der Waals surface area contributed by atoms with Crippen molar-refractivity contribution in [1.82, 2.24) is 19.7 Å². The fourth-order valence-electron chi connectivity index (χ4n) is 2.95. The number of hydrogen-bond acceptors (Lipinski definition) is 6. The second-order valence-corrected chi connectivity index (χ2v) is 8.26. The number of rotatable bonds is 7. The summed E-state index contributed by atoms with van der Waals surface area (Å²) in [5.41, 5.74) is 2.27. The molecule has 0 radical (unpaired) electrons. The van der Waals surface area contributed by atoms with E-state index in [1.54, 1.807) is 22.8 Å². The first-order valence-electron chi connectivity index (χ1n) is 8.91. The van der Waals surface area contributed by atoms with Gasteiger partial charge in [0.1, 0.15) is 5.56 Å². The lowest BCUT2D eigenvalue weighted by atomic mass is 10.2. The first-order valence-corrected chi connectivity index (χ1v) is 10.1. The average Bonchev–Trinajstić information content (AvgIpc) is 3.25. The van der Waals surface area contributed by atoms with Gasteiger partial charge in [0.2, 0.25) is 5.88 Å². The lowest BCUT2D eigenvalue weighted by molar-refractivity contribution is 0.0983. The molecule has 3 rings (SSSR count). The van der Waals surface area contributed by atoms with E-state index >= 15 is 0 Å². The Balaban J connectivity index is 2.02. The van der Waals surface area contributed by atoms with Crippen LogP contribution in [0.2, 0.25) is 5.02 Å². The summed E-state index contributed by atoms with van der Waals surface area (Å²) in [4.78, 5) is 21.9. The van der Waals surface area contributed by atoms with Crippen LogP contribution in [-0.4, -0.2) is 59.9 Å². The Kier molecular flexibility index (Phi) is 6.22. The molecule has 0 saturated heterocycles. The van der Waals surface area contributed by atoms with Gasteiger partial charge in [0.15, 0.2) is 5.13 Å². The first-order chi connectivity index (χ1) is 13.3. The molecular formula is C19H24ClN5O2S. The van der Waals surface area contributed by atoms with Crippen molar-refractivity contribution in [2.45, 2.75) is 13.3 Å². The summed E-state index contributed by atoms with van der Waals surface area (Å²) in [6, 6.07) is 3.81. The summed E-state index contributed by atoms with van der Waals surface area (Å²) in [6.07, 6.45) is 2.48. The topological polar surface area (TPSA) is 63.5 Å². The Morgan fingerprint density at radius 1 is 1.32 bits per heavy atom. The van der Waals surface area contributed by atoms with Gasteiger partial charge in [-0.05, 0) is 45.6 Å². The molecule has 0 atom stereocenters. The van der Waals surface area contributed by atoms with E-state index in [1.807, 2.05) is 33.2 Å². The molecule has 0 aliphatic heterocycles. The number of carbonyl (C=O) groups excluding carboxylic acids is 1. The van der Waals surface area contributed by atoms with Crippen molar-refractivity contribution in [3.05, 3.63) is 34.5 Å². The number of fused-ring (bicyclic) bond motifs is 1. The highest BCUT2D eigenvalue weighted by molar-refractivity contribution is 7.23. The maximum absolute atomic E-state index is 13.4. The van der Waals surface area contributed by atoms with Crippen molar-refractivity contribution in [2.24, 2.45) is 7.05 Å². The minimum Gasteiger partial charge on any atom is -0.479 e. The van der Waals surface area contributed by atoms with Crippen molar-refractivity contribution >= 4 is 44.2 Å². The highest BCUT2D eigenvalue weighted by atomic mass is 35.5. The summed E-state index contributed by atoms with van der Waals surface area (Å²) < 4.78 is 7.75. The molecule has 0 aliphatic carbocycles. The zero-order valence-corrected chi connectivity index (χ0v) is 18.3.